The number of hydrogen-bond acceptors (Lipinski definition) is 4. The van der Waals surface area contributed by atoms with Gasteiger partial charge in [0, 0.05) is 0 Å². The molecular formula is C9H15FN2O3S. The molecule has 2 rings (SSSR count). The van der Waals surface area contributed by atoms with E-state index in [1.165, 1.54) is 0 Å². The minimum absolute atomic E-state index is 0.0248. The molecule has 3 N–H and O–H groups in total. The van der Waals surface area contributed by atoms with E-state index in [2.05, 4.69) is 0 Å². The highest BCUT2D eigenvalue weighted by Crippen LogP contribution is 2.45. The van der Waals surface area contributed by atoms with Crippen LogP contribution >= 0.6 is 0 Å². The van der Waals surface area contributed by atoms with Crippen LogP contribution in [0.2, 0.25) is 0 Å². The van der Waals surface area contributed by atoms with Gasteiger partial charge in [-0.25, -0.2) is 12.8 Å². The summed E-state index contributed by atoms with van der Waals surface area (Å²) in [7, 11) is -3.92. The van der Waals surface area contributed by atoms with Crippen LogP contribution in [0.4, 0.5) is 4.39 Å². The molecule has 0 radical (unpaired) electrons. The van der Waals surface area contributed by atoms with Gasteiger partial charge in [-0.05, 0) is 25.2 Å². The second kappa shape index (κ2) is 3.16. The fourth-order valence-corrected chi connectivity index (χ4v) is 3.14. The van der Waals surface area contributed by atoms with Crippen molar-refractivity contribution in [3.8, 4) is 0 Å². The molecule has 0 saturated heterocycles. The third kappa shape index (κ3) is 1.53. The molecule has 0 heterocycles. The largest absolute Gasteiger partial charge is 0.317 e. The third-order valence-electron chi connectivity index (χ3n) is 3.63. The standard InChI is InChI=1S/C9H15FN2O3S/c1-6-4-9(6,11)7(13)12-16(14,15)8(5-10)2-3-8/h6H,2-5,11H2,1H3,(H,12,13)/t6-,9-/m1/s1. The predicted octanol–water partition coefficient (Wildman–Crippen LogP) is -0.328. The Labute approximate surface area is 93.6 Å². The summed E-state index contributed by atoms with van der Waals surface area (Å²) < 4.78 is 36.6. The highest BCUT2D eigenvalue weighted by atomic mass is 32.2. The van der Waals surface area contributed by atoms with Gasteiger partial charge in [-0.2, -0.15) is 0 Å². The zero-order valence-electron chi connectivity index (χ0n) is 8.99. The van der Waals surface area contributed by atoms with Crippen molar-refractivity contribution in [2.24, 2.45) is 11.7 Å². The number of sulfonamides is 1. The Morgan fingerprint density at radius 3 is 2.38 bits per heavy atom. The van der Waals surface area contributed by atoms with Crippen LogP contribution in [0.5, 0.6) is 0 Å². The lowest BCUT2D eigenvalue weighted by Gasteiger charge is -2.16. The Morgan fingerprint density at radius 2 is 2.06 bits per heavy atom. The van der Waals surface area contributed by atoms with Crippen molar-refractivity contribution in [2.45, 2.75) is 36.5 Å². The van der Waals surface area contributed by atoms with Crippen molar-refractivity contribution in [3.63, 3.8) is 0 Å². The maximum atomic E-state index is 12.6. The third-order valence-corrected chi connectivity index (χ3v) is 5.75. The molecule has 92 valence electrons. The molecular weight excluding hydrogens is 235 g/mol. The molecule has 2 fully saturated rings. The second-order valence-corrected chi connectivity index (χ2v) is 6.97. The maximum absolute atomic E-state index is 12.6. The Bertz CT molecular complexity index is 432. The van der Waals surface area contributed by atoms with Crippen LogP contribution in [0.3, 0.4) is 0 Å². The van der Waals surface area contributed by atoms with Crippen LogP contribution < -0.4 is 10.5 Å². The Kier molecular flexibility index (Phi) is 2.33. The van der Waals surface area contributed by atoms with E-state index in [1.54, 1.807) is 6.92 Å². The van der Waals surface area contributed by atoms with Gasteiger partial charge in [-0.3, -0.25) is 9.52 Å². The first-order valence-corrected chi connectivity index (χ1v) is 6.67. The monoisotopic (exact) mass is 250 g/mol. The SMILES string of the molecule is C[C@@H]1C[C@]1(N)C(=O)NS(=O)(=O)C1(CF)CC1. The number of halogens is 1. The zero-order valence-corrected chi connectivity index (χ0v) is 9.81. The molecule has 16 heavy (non-hydrogen) atoms. The molecule has 0 unspecified atom stereocenters. The number of nitrogens with two attached hydrogens (primary N) is 1. The molecule has 0 spiro atoms. The Hall–Kier alpha value is -0.690. The van der Waals surface area contributed by atoms with Crippen molar-refractivity contribution in [1.29, 1.82) is 0 Å². The minimum Gasteiger partial charge on any atom is -0.317 e. The second-order valence-electron chi connectivity index (χ2n) is 4.90. The lowest BCUT2D eigenvalue weighted by molar-refractivity contribution is -0.121. The number of rotatable bonds is 4. The van der Waals surface area contributed by atoms with Gasteiger partial charge in [0.25, 0.3) is 5.91 Å². The summed E-state index contributed by atoms with van der Waals surface area (Å²) >= 11 is 0. The lowest BCUT2D eigenvalue weighted by atomic mass is 10.2. The van der Waals surface area contributed by atoms with Crippen LogP contribution in [-0.4, -0.2) is 31.3 Å². The Balaban J connectivity index is 2.08. The molecule has 0 bridgehead atoms. The maximum Gasteiger partial charge on any atom is 0.253 e. The number of nitrogens with one attached hydrogen (secondary N) is 1. The average molecular weight is 250 g/mol. The first kappa shape index (κ1) is 11.8. The van der Waals surface area contributed by atoms with Gasteiger partial charge in [0.05, 0.1) is 5.54 Å². The van der Waals surface area contributed by atoms with Crippen LogP contribution in [0.15, 0.2) is 0 Å². The van der Waals surface area contributed by atoms with Gasteiger partial charge in [-0.15, -0.1) is 0 Å². The molecule has 2 saturated carbocycles. The number of carbonyl (C=O) groups excluding carboxylic acids is 1. The van der Waals surface area contributed by atoms with E-state index in [9.17, 15) is 17.6 Å². The van der Waals surface area contributed by atoms with Crippen molar-refractivity contribution in [3.05, 3.63) is 0 Å². The van der Waals surface area contributed by atoms with Gasteiger partial charge in [0.2, 0.25) is 10.0 Å². The highest BCUT2D eigenvalue weighted by Gasteiger charge is 2.59. The smallest absolute Gasteiger partial charge is 0.253 e. The van der Waals surface area contributed by atoms with Gasteiger partial charge in [-0.1, -0.05) is 6.92 Å². The van der Waals surface area contributed by atoms with Crippen LogP contribution in [-0.2, 0) is 14.8 Å². The first-order chi connectivity index (χ1) is 7.27. The number of amides is 1. The van der Waals surface area contributed by atoms with Crippen molar-refractivity contribution in [2.75, 3.05) is 6.67 Å². The van der Waals surface area contributed by atoms with Crippen LogP contribution in [0, 0.1) is 5.92 Å². The number of carbonyl (C=O) groups is 1. The highest BCUT2D eigenvalue weighted by molar-refractivity contribution is 7.91. The zero-order chi connectivity index (χ0) is 12.2. The summed E-state index contributed by atoms with van der Waals surface area (Å²) in [5, 5.41) is 0. The quantitative estimate of drug-likeness (QED) is 0.715. The number of hydrogen-bond donors (Lipinski definition) is 2. The molecule has 0 aliphatic heterocycles. The van der Waals surface area contributed by atoms with Crippen LogP contribution in [0.25, 0.3) is 0 Å². The van der Waals surface area contributed by atoms with Gasteiger partial charge in [0.1, 0.15) is 11.4 Å². The predicted molar refractivity (Wildman–Crippen MR) is 55.7 cm³/mol. The fraction of sp³-hybridized carbons (Fsp3) is 0.889. The summed E-state index contributed by atoms with van der Waals surface area (Å²) in [5.41, 5.74) is 4.59. The first-order valence-electron chi connectivity index (χ1n) is 5.19. The molecule has 0 aromatic heterocycles. The summed E-state index contributed by atoms with van der Waals surface area (Å²) in [6, 6.07) is 0. The molecule has 0 aromatic rings. The van der Waals surface area contributed by atoms with E-state index in [0.29, 0.717) is 6.42 Å². The topological polar surface area (TPSA) is 89.3 Å². The van der Waals surface area contributed by atoms with E-state index in [1.807, 2.05) is 4.72 Å². The van der Waals surface area contributed by atoms with E-state index in [4.69, 9.17) is 5.73 Å². The minimum atomic E-state index is -3.92. The fourth-order valence-electron chi connectivity index (χ4n) is 1.70. The lowest BCUT2D eigenvalue weighted by Crippen LogP contribution is -2.50. The summed E-state index contributed by atoms with van der Waals surface area (Å²) in [5.74, 6) is -0.733. The van der Waals surface area contributed by atoms with E-state index >= 15 is 0 Å². The van der Waals surface area contributed by atoms with Gasteiger partial charge >= 0.3 is 0 Å². The average Bonchev–Trinajstić information content (AvgIpc) is 3.04. The van der Waals surface area contributed by atoms with Crippen LogP contribution in [0.1, 0.15) is 26.2 Å². The van der Waals surface area contributed by atoms with Crippen molar-refractivity contribution >= 4 is 15.9 Å². The van der Waals surface area contributed by atoms with E-state index < -0.39 is 32.9 Å². The van der Waals surface area contributed by atoms with Gasteiger partial charge < -0.3 is 5.73 Å². The molecule has 2 aliphatic carbocycles. The van der Waals surface area contributed by atoms with E-state index in [0.717, 1.165) is 0 Å². The molecule has 0 aromatic carbocycles. The molecule has 2 aliphatic rings. The summed E-state index contributed by atoms with van der Waals surface area (Å²) in [6.45, 7) is 0.816. The molecule has 7 heteroatoms. The van der Waals surface area contributed by atoms with Crippen molar-refractivity contribution < 1.29 is 17.6 Å². The van der Waals surface area contributed by atoms with E-state index in [-0.39, 0.29) is 18.8 Å². The number of alkyl halides is 1. The normalized spacial score (nSPS) is 35.6. The van der Waals surface area contributed by atoms with Gasteiger partial charge in [0.15, 0.2) is 0 Å². The molecule has 5 nitrogen and oxygen atoms in total. The Morgan fingerprint density at radius 1 is 1.56 bits per heavy atom. The molecule has 1 amide bonds. The molecule has 2 atom stereocenters. The summed E-state index contributed by atoms with van der Waals surface area (Å²) in [4.78, 5) is 11.6. The summed E-state index contributed by atoms with van der Waals surface area (Å²) in [6.07, 6.45) is 0.995. The van der Waals surface area contributed by atoms with Crippen molar-refractivity contribution in [1.82, 2.24) is 4.72 Å².